The second-order valence-electron chi connectivity index (χ2n) is 8.00. The second kappa shape index (κ2) is 11.7. The lowest BCUT2D eigenvalue weighted by molar-refractivity contribution is 0.0981. The molecule has 184 valence electrons. The molecule has 0 saturated heterocycles. The third-order valence-electron chi connectivity index (χ3n) is 5.38. The summed E-state index contributed by atoms with van der Waals surface area (Å²) in [7, 11) is -2.08. The van der Waals surface area contributed by atoms with Crippen LogP contribution < -0.4 is 9.46 Å². The summed E-state index contributed by atoms with van der Waals surface area (Å²) in [5, 5.41) is 0.545. The molecule has 1 heterocycles. The fourth-order valence-corrected chi connectivity index (χ4v) is 4.85. The average molecular weight is 508 g/mol. The van der Waals surface area contributed by atoms with E-state index < -0.39 is 15.9 Å². The summed E-state index contributed by atoms with van der Waals surface area (Å²) in [6.07, 6.45) is 2.21. The average Bonchev–Trinajstić information content (AvgIpc) is 3.09. The zero-order chi connectivity index (χ0) is 24.7. The Kier molecular flexibility index (Phi) is 8.93. The van der Waals surface area contributed by atoms with Crippen LogP contribution in [0.2, 0.25) is 5.02 Å². The molecule has 0 aliphatic heterocycles. The fraction of sp³-hybridized carbons (Fsp3) is 0.417. The number of aromatic nitrogens is 2. The van der Waals surface area contributed by atoms with Gasteiger partial charge < -0.3 is 14.0 Å². The van der Waals surface area contributed by atoms with Crippen LogP contribution in [-0.2, 0) is 21.3 Å². The number of carbonyl (C=O) groups excluding carboxylic acids is 1. The molecular formula is C24H30ClN3O5S. The number of fused-ring (bicyclic) bond motifs is 1. The summed E-state index contributed by atoms with van der Waals surface area (Å²) < 4.78 is 39.2. The number of rotatable bonds is 12. The molecule has 0 spiro atoms. The van der Waals surface area contributed by atoms with Gasteiger partial charge in [0.15, 0.2) is 0 Å². The smallest absolute Gasteiger partial charge is 0.264 e. The molecule has 0 bridgehead atoms. The molecule has 1 amide bonds. The Hall–Kier alpha value is -2.62. The molecule has 0 fully saturated rings. The summed E-state index contributed by atoms with van der Waals surface area (Å²) in [6, 6.07) is 10.4. The maximum absolute atomic E-state index is 12.6. The first-order chi connectivity index (χ1) is 16.2. The lowest BCUT2D eigenvalue weighted by atomic mass is 10.1. The highest BCUT2D eigenvalue weighted by Gasteiger charge is 2.18. The first kappa shape index (κ1) is 26.0. The molecule has 0 atom stereocenters. The molecule has 10 heteroatoms. The van der Waals surface area contributed by atoms with E-state index in [0.717, 1.165) is 24.2 Å². The predicted molar refractivity (Wildman–Crippen MR) is 133 cm³/mol. The van der Waals surface area contributed by atoms with Crippen molar-refractivity contribution < 1.29 is 22.7 Å². The summed E-state index contributed by atoms with van der Waals surface area (Å²) in [5.41, 5.74) is 2.53. The Morgan fingerprint density at radius 3 is 2.65 bits per heavy atom. The second-order valence-corrected chi connectivity index (χ2v) is 10.2. The van der Waals surface area contributed by atoms with Gasteiger partial charge in [0.1, 0.15) is 18.2 Å². The van der Waals surface area contributed by atoms with Gasteiger partial charge in [0, 0.05) is 17.7 Å². The van der Waals surface area contributed by atoms with E-state index in [1.165, 1.54) is 0 Å². The van der Waals surface area contributed by atoms with Gasteiger partial charge in [0.2, 0.25) is 10.0 Å². The molecule has 0 saturated carbocycles. The quantitative estimate of drug-likeness (QED) is 0.366. The molecule has 3 aromatic rings. The molecule has 0 aliphatic carbocycles. The Morgan fingerprint density at radius 1 is 1.15 bits per heavy atom. The maximum Gasteiger partial charge on any atom is 0.264 e. The third-order valence-corrected chi connectivity index (χ3v) is 7.05. The van der Waals surface area contributed by atoms with E-state index in [-0.39, 0.29) is 11.3 Å². The number of nitrogens with zero attached hydrogens (tertiary/aromatic N) is 2. The number of carbonyl (C=O) groups is 1. The minimum atomic E-state index is -3.69. The number of sulfonamides is 1. The van der Waals surface area contributed by atoms with E-state index >= 15 is 0 Å². The van der Waals surface area contributed by atoms with Gasteiger partial charge in [-0.15, -0.1) is 0 Å². The highest BCUT2D eigenvalue weighted by Crippen LogP contribution is 2.26. The van der Waals surface area contributed by atoms with Gasteiger partial charge in [0.25, 0.3) is 5.91 Å². The van der Waals surface area contributed by atoms with Crippen LogP contribution in [0.3, 0.4) is 0 Å². The first-order valence-corrected chi connectivity index (χ1v) is 13.2. The number of benzene rings is 2. The van der Waals surface area contributed by atoms with Gasteiger partial charge in [0.05, 0.1) is 29.9 Å². The topological polar surface area (TPSA) is 99.5 Å². The van der Waals surface area contributed by atoms with Crippen molar-refractivity contribution in [3.05, 3.63) is 58.4 Å². The van der Waals surface area contributed by atoms with Crippen LogP contribution >= 0.6 is 11.6 Å². The number of halogens is 1. The lowest BCUT2D eigenvalue weighted by Crippen LogP contribution is -2.32. The van der Waals surface area contributed by atoms with E-state index in [9.17, 15) is 13.2 Å². The number of imidazole rings is 1. The minimum Gasteiger partial charge on any atom is -0.491 e. The van der Waals surface area contributed by atoms with Crippen LogP contribution in [0, 0.1) is 6.92 Å². The van der Waals surface area contributed by atoms with E-state index in [1.54, 1.807) is 31.4 Å². The van der Waals surface area contributed by atoms with Crippen LogP contribution in [-0.4, -0.2) is 50.0 Å². The molecule has 1 N–H and O–H groups in total. The zero-order valence-corrected chi connectivity index (χ0v) is 21.2. The van der Waals surface area contributed by atoms with Crippen molar-refractivity contribution in [1.82, 2.24) is 14.3 Å². The Labute approximate surface area is 205 Å². The van der Waals surface area contributed by atoms with Crippen LogP contribution in [0.4, 0.5) is 0 Å². The van der Waals surface area contributed by atoms with Crippen molar-refractivity contribution in [3.8, 4) is 5.75 Å². The molecule has 0 unspecified atom stereocenters. The number of aryl methyl sites for hydroxylation is 1. The van der Waals surface area contributed by atoms with Gasteiger partial charge >= 0.3 is 0 Å². The van der Waals surface area contributed by atoms with Crippen molar-refractivity contribution >= 4 is 38.6 Å². The van der Waals surface area contributed by atoms with Crippen molar-refractivity contribution in [2.75, 3.05) is 26.1 Å². The highest BCUT2D eigenvalue weighted by molar-refractivity contribution is 7.90. The first-order valence-electron chi connectivity index (χ1n) is 11.2. The fourth-order valence-electron chi connectivity index (χ4n) is 3.54. The van der Waals surface area contributed by atoms with Crippen molar-refractivity contribution in [2.45, 2.75) is 39.7 Å². The van der Waals surface area contributed by atoms with E-state index in [4.69, 9.17) is 21.1 Å². The number of nitrogens with one attached hydrogen (secondary N) is 1. The number of methoxy groups -OCH3 is 1. The Balaban J connectivity index is 1.81. The van der Waals surface area contributed by atoms with E-state index in [0.29, 0.717) is 48.0 Å². The highest BCUT2D eigenvalue weighted by atomic mass is 35.5. The van der Waals surface area contributed by atoms with Crippen LogP contribution in [0.5, 0.6) is 5.75 Å². The number of ether oxygens (including phenoxy) is 2. The number of hydrogen-bond acceptors (Lipinski definition) is 6. The number of amides is 1. The summed E-state index contributed by atoms with van der Waals surface area (Å²) >= 11 is 6.49. The van der Waals surface area contributed by atoms with E-state index in [1.807, 2.05) is 30.5 Å². The van der Waals surface area contributed by atoms with Crippen molar-refractivity contribution in [3.63, 3.8) is 0 Å². The third kappa shape index (κ3) is 6.71. The molecule has 0 radical (unpaired) electrons. The largest absolute Gasteiger partial charge is 0.491 e. The van der Waals surface area contributed by atoms with Gasteiger partial charge in [-0.3, -0.25) is 4.79 Å². The van der Waals surface area contributed by atoms with Crippen molar-refractivity contribution in [2.24, 2.45) is 0 Å². The molecule has 0 aliphatic rings. The molecular weight excluding hydrogens is 478 g/mol. The molecule has 34 heavy (non-hydrogen) atoms. The molecule has 2 aromatic carbocycles. The number of unbranched alkanes of at least 4 members (excludes halogenated alkanes) is 2. The van der Waals surface area contributed by atoms with Gasteiger partial charge in [-0.1, -0.05) is 37.4 Å². The maximum atomic E-state index is 12.6. The normalized spacial score (nSPS) is 11.6. The summed E-state index contributed by atoms with van der Waals surface area (Å²) in [6.45, 7) is 5.20. The van der Waals surface area contributed by atoms with Crippen LogP contribution in [0.25, 0.3) is 11.0 Å². The van der Waals surface area contributed by atoms with Crippen LogP contribution in [0.1, 0.15) is 47.9 Å². The van der Waals surface area contributed by atoms with Gasteiger partial charge in [-0.2, -0.15) is 0 Å². The zero-order valence-electron chi connectivity index (χ0n) is 19.6. The molecule has 8 nitrogen and oxygen atoms in total. The number of hydrogen-bond donors (Lipinski definition) is 1. The van der Waals surface area contributed by atoms with E-state index in [2.05, 4.69) is 9.71 Å². The van der Waals surface area contributed by atoms with Gasteiger partial charge in [-0.25, -0.2) is 18.1 Å². The van der Waals surface area contributed by atoms with Crippen LogP contribution in [0.15, 0.2) is 36.4 Å². The minimum absolute atomic E-state index is 0.0739. The molecule has 3 rings (SSSR count). The Bertz CT molecular complexity index is 1260. The SMILES string of the molecule is CCCCCS(=O)(=O)NC(=O)c1ccc2nc(C)n(Cc3ccc(OCCOC)cc3Cl)c2c1. The molecule has 1 aromatic heterocycles. The lowest BCUT2D eigenvalue weighted by Gasteiger charge is -2.12. The summed E-state index contributed by atoms with van der Waals surface area (Å²) in [5.74, 6) is 0.669. The van der Waals surface area contributed by atoms with Crippen molar-refractivity contribution in [1.29, 1.82) is 0 Å². The predicted octanol–water partition coefficient (Wildman–Crippen LogP) is 4.32. The Morgan fingerprint density at radius 2 is 1.94 bits per heavy atom. The monoisotopic (exact) mass is 507 g/mol. The van der Waals surface area contributed by atoms with Gasteiger partial charge in [-0.05, 0) is 49.2 Å². The standard InChI is InChI=1S/C24H30ClN3O5S/c1-4-5-6-13-34(30,31)27-24(29)18-8-10-22-23(14-18)28(17(2)26-22)16-19-7-9-20(15-21(19)25)33-12-11-32-3/h7-10,14-15H,4-6,11-13,16H2,1-3H3,(H,27,29). The summed E-state index contributed by atoms with van der Waals surface area (Å²) in [4.78, 5) is 17.2.